The Kier molecular flexibility index (Phi) is 3.83. The van der Waals surface area contributed by atoms with Crippen LogP contribution in [0.15, 0.2) is 30.2 Å². The van der Waals surface area contributed by atoms with Crippen molar-refractivity contribution < 1.29 is 4.79 Å². The molecule has 0 spiro atoms. The number of ketones is 1. The summed E-state index contributed by atoms with van der Waals surface area (Å²) in [7, 11) is 0. The van der Waals surface area contributed by atoms with Gasteiger partial charge in [0, 0.05) is 8.95 Å². The van der Waals surface area contributed by atoms with E-state index in [9.17, 15) is 4.79 Å². The molecule has 2 rings (SSSR count). The molecule has 0 bridgehead atoms. The Bertz CT molecular complexity index is 496. The Morgan fingerprint density at radius 3 is 2.40 bits per heavy atom. The van der Waals surface area contributed by atoms with Gasteiger partial charge in [0.05, 0.1) is 13.5 Å². The maximum Gasteiger partial charge on any atom is 0.214 e. The topological polar surface area (TPSA) is 17.1 Å². The van der Waals surface area contributed by atoms with E-state index in [0.717, 1.165) is 22.5 Å². The smallest absolute Gasteiger partial charge is 0.214 e. The number of carbonyl (C=O) groups is 1. The summed E-state index contributed by atoms with van der Waals surface area (Å²) in [5.74, 6) is 0.0632. The third-order valence-corrected chi connectivity index (χ3v) is 6.78. The predicted molar refractivity (Wildman–Crippen MR) is 75.2 cm³/mol. The van der Waals surface area contributed by atoms with Crippen molar-refractivity contribution in [2.45, 2.75) is 0 Å². The van der Waals surface area contributed by atoms with Crippen molar-refractivity contribution in [1.82, 2.24) is 0 Å². The first kappa shape index (κ1) is 12.0. The van der Waals surface area contributed by atoms with Gasteiger partial charge in [0.25, 0.3) is 0 Å². The monoisotopic (exact) mass is 428 g/mol. The van der Waals surface area contributed by atoms with E-state index in [1.807, 2.05) is 17.5 Å². The van der Waals surface area contributed by atoms with E-state index in [1.54, 1.807) is 0 Å². The Morgan fingerprint density at radius 1 is 1.20 bits per heavy atom. The summed E-state index contributed by atoms with van der Waals surface area (Å²) in [6.07, 6.45) is 0. The van der Waals surface area contributed by atoms with Crippen LogP contribution in [0.4, 0.5) is 0 Å². The van der Waals surface area contributed by atoms with E-state index >= 15 is 0 Å². The van der Waals surface area contributed by atoms with Gasteiger partial charge in [-0.1, -0.05) is 0 Å². The van der Waals surface area contributed by atoms with Crippen molar-refractivity contribution in [3.8, 4) is 0 Å². The largest absolute Gasteiger partial charge is 0.287 e. The normalized spacial score (nSPS) is 10.6. The van der Waals surface area contributed by atoms with Gasteiger partial charge < -0.3 is 0 Å². The highest BCUT2D eigenvalue weighted by Crippen LogP contribution is 2.35. The SMILES string of the molecule is O=C(c1cc(Br)c(Br)s1)c1sccc1Br. The van der Waals surface area contributed by atoms with Crippen molar-refractivity contribution in [2.75, 3.05) is 0 Å². The molecule has 6 heteroatoms. The van der Waals surface area contributed by atoms with Crippen molar-refractivity contribution >= 4 is 76.2 Å². The highest BCUT2D eigenvalue weighted by atomic mass is 79.9. The van der Waals surface area contributed by atoms with Gasteiger partial charge in [0.15, 0.2) is 0 Å². The molecular weight excluding hydrogens is 428 g/mol. The Morgan fingerprint density at radius 2 is 1.93 bits per heavy atom. The van der Waals surface area contributed by atoms with Crippen LogP contribution in [-0.2, 0) is 0 Å². The van der Waals surface area contributed by atoms with Crippen LogP contribution in [0.5, 0.6) is 0 Å². The van der Waals surface area contributed by atoms with Crippen molar-refractivity contribution in [3.63, 3.8) is 0 Å². The van der Waals surface area contributed by atoms with Crippen molar-refractivity contribution in [3.05, 3.63) is 40.0 Å². The molecule has 78 valence electrons. The summed E-state index contributed by atoms with van der Waals surface area (Å²) in [5.41, 5.74) is 0. The molecule has 0 amide bonds. The maximum absolute atomic E-state index is 12.0. The summed E-state index contributed by atoms with van der Waals surface area (Å²) in [4.78, 5) is 13.5. The van der Waals surface area contributed by atoms with Crippen LogP contribution < -0.4 is 0 Å². The average Bonchev–Trinajstić information content (AvgIpc) is 2.74. The van der Waals surface area contributed by atoms with Gasteiger partial charge in [0.1, 0.15) is 0 Å². The minimum absolute atomic E-state index is 0.0632. The number of hydrogen-bond donors (Lipinski definition) is 0. The third-order valence-electron chi connectivity index (χ3n) is 1.69. The van der Waals surface area contributed by atoms with Gasteiger partial charge in [-0.15, -0.1) is 22.7 Å². The Labute approximate surface area is 120 Å². The second-order valence-electron chi connectivity index (χ2n) is 2.66. The highest BCUT2D eigenvalue weighted by molar-refractivity contribution is 9.13. The quantitative estimate of drug-likeness (QED) is 0.588. The van der Waals surface area contributed by atoms with Gasteiger partial charge in [-0.25, -0.2) is 0 Å². The molecule has 0 atom stereocenters. The summed E-state index contributed by atoms with van der Waals surface area (Å²) < 4.78 is 2.72. The lowest BCUT2D eigenvalue weighted by Gasteiger charge is -1.93. The minimum Gasteiger partial charge on any atom is -0.287 e. The molecule has 0 saturated heterocycles. The van der Waals surface area contributed by atoms with Crippen LogP contribution in [0.1, 0.15) is 14.5 Å². The molecule has 0 aromatic carbocycles. The number of carbonyl (C=O) groups excluding carboxylic acids is 1. The fourth-order valence-corrected chi connectivity index (χ4v) is 4.58. The zero-order valence-electron chi connectivity index (χ0n) is 7.09. The zero-order chi connectivity index (χ0) is 11.0. The molecule has 0 unspecified atom stereocenters. The van der Waals surface area contributed by atoms with Crippen molar-refractivity contribution in [1.29, 1.82) is 0 Å². The lowest BCUT2D eigenvalue weighted by atomic mass is 10.3. The molecule has 2 aromatic rings. The van der Waals surface area contributed by atoms with E-state index in [1.165, 1.54) is 22.7 Å². The molecule has 1 nitrogen and oxygen atoms in total. The highest BCUT2D eigenvalue weighted by Gasteiger charge is 2.17. The first-order valence-corrected chi connectivity index (χ1v) is 7.89. The number of thiophene rings is 2. The fourth-order valence-electron chi connectivity index (χ4n) is 1.03. The zero-order valence-corrected chi connectivity index (χ0v) is 13.5. The van der Waals surface area contributed by atoms with Crippen LogP contribution in [0, 0.1) is 0 Å². The van der Waals surface area contributed by atoms with Crippen LogP contribution in [-0.4, -0.2) is 5.78 Å². The molecule has 0 aliphatic rings. The molecule has 2 heterocycles. The molecule has 0 aliphatic carbocycles. The minimum atomic E-state index is 0.0632. The maximum atomic E-state index is 12.0. The Balaban J connectivity index is 2.41. The van der Waals surface area contributed by atoms with E-state index < -0.39 is 0 Å². The number of rotatable bonds is 2. The fraction of sp³-hybridized carbons (Fsp3) is 0. The molecule has 0 radical (unpaired) electrons. The van der Waals surface area contributed by atoms with Crippen LogP contribution >= 0.6 is 70.5 Å². The predicted octanol–water partition coefficient (Wildman–Crippen LogP) is 5.33. The molecule has 0 N–H and O–H groups in total. The van der Waals surface area contributed by atoms with Gasteiger partial charge >= 0.3 is 0 Å². The molecule has 0 fully saturated rings. The summed E-state index contributed by atoms with van der Waals surface area (Å²) in [5, 5.41) is 1.90. The van der Waals surface area contributed by atoms with Gasteiger partial charge in [-0.2, -0.15) is 0 Å². The first-order chi connectivity index (χ1) is 7.09. The van der Waals surface area contributed by atoms with Gasteiger partial charge in [0.2, 0.25) is 5.78 Å². The van der Waals surface area contributed by atoms with E-state index in [4.69, 9.17) is 0 Å². The molecule has 2 aromatic heterocycles. The lowest BCUT2D eigenvalue weighted by molar-refractivity contribution is 0.104. The Hall–Kier alpha value is 0.510. The van der Waals surface area contributed by atoms with E-state index in [0.29, 0.717) is 0 Å². The second-order valence-corrected chi connectivity index (χ2v) is 7.65. The van der Waals surface area contributed by atoms with Gasteiger partial charge in [-0.3, -0.25) is 4.79 Å². The van der Waals surface area contributed by atoms with Gasteiger partial charge in [-0.05, 0) is 65.3 Å². The summed E-state index contributed by atoms with van der Waals surface area (Å²) in [6, 6.07) is 3.72. The standard InChI is InChI=1S/C9H3Br3OS2/c10-4-1-2-14-8(4)7(13)6-3-5(11)9(12)15-6/h1-3H. The number of hydrogen-bond acceptors (Lipinski definition) is 3. The van der Waals surface area contributed by atoms with E-state index in [2.05, 4.69) is 47.8 Å². The third kappa shape index (κ3) is 2.44. The second kappa shape index (κ2) is 4.79. The average molecular weight is 431 g/mol. The van der Waals surface area contributed by atoms with Crippen LogP contribution in [0.3, 0.4) is 0 Å². The molecule has 15 heavy (non-hydrogen) atoms. The lowest BCUT2D eigenvalue weighted by Crippen LogP contribution is -1.95. The summed E-state index contributed by atoms with van der Waals surface area (Å²) >= 11 is 13.0. The molecular formula is C9H3Br3OS2. The molecule has 0 saturated carbocycles. The van der Waals surface area contributed by atoms with Crippen LogP contribution in [0.2, 0.25) is 0 Å². The number of halogens is 3. The van der Waals surface area contributed by atoms with E-state index in [-0.39, 0.29) is 5.78 Å². The summed E-state index contributed by atoms with van der Waals surface area (Å²) in [6.45, 7) is 0. The van der Waals surface area contributed by atoms with Crippen molar-refractivity contribution in [2.24, 2.45) is 0 Å². The first-order valence-electron chi connectivity index (χ1n) is 3.82. The molecule has 0 aliphatic heterocycles. The van der Waals surface area contributed by atoms with Crippen LogP contribution in [0.25, 0.3) is 0 Å².